The molecule has 27 heavy (non-hydrogen) atoms. The van der Waals surface area contributed by atoms with Crippen molar-refractivity contribution < 1.29 is 4.74 Å². The Morgan fingerprint density at radius 3 is 2.85 bits per heavy atom. The van der Waals surface area contributed by atoms with E-state index < -0.39 is 0 Å². The van der Waals surface area contributed by atoms with Crippen LogP contribution in [0.3, 0.4) is 0 Å². The van der Waals surface area contributed by atoms with Crippen LogP contribution < -0.4 is 10.1 Å². The third-order valence-corrected chi connectivity index (χ3v) is 5.73. The molecule has 0 aliphatic rings. The number of benzene rings is 1. The van der Waals surface area contributed by atoms with Gasteiger partial charge in [-0.05, 0) is 38.3 Å². The SMILES string of the molecule is C=C(Cl)COc1nc2cc(SC)ccc2cc1CNC(C)c1csc(C)n1. The monoisotopic (exact) mass is 419 g/mol. The van der Waals surface area contributed by atoms with Crippen molar-refractivity contribution >= 4 is 45.6 Å². The van der Waals surface area contributed by atoms with Crippen LogP contribution in [0.2, 0.25) is 0 Å². The fourth-order valence-electron chi connectivity index (χ4n) is 2.64. The van der Waals surface area contributed by atoms with Crippen LogP contribution in [0, 0.1) is 6.92 Å². The van der Waals surface area contributed by atoms with Crippen LogP contribution in [-0.2, 0) is 6.54 Å². The Labute approximate surface area is 173 Å². The van der Waals surface area contributed by atoms with Gasteiger partial charge in [-0.2, -0.15) is 0 Å². The molecule has 1 unspecified atom stereocenters. The van der Waals surface area contributed by atoms with Crippen molar-refractivity contribution in [3.63, 3.8) is 0 Å². The number of thioether (sulfide) groups is 1. The predicted octanol–water partition coefficient (Wildman–Crippen LogP) is 5.70. The molecule has 0 aliphatic heterocycles. The molecule has 1 atom stereocenters. The highest BCUT2D eigenvalue weighted by Crippen LogP contribution is 2.27. The smallest absolute Gasteiger partial charge is 0.218 e. The van der Waals surface area contributed by atoms with Crippen LogP contribution in [0.25, 0.3) is 10.9 Å². The molecule has 2 aromatic heterocycles. The summed E-state index contributed by atoms with van der Waals surface area (Å²) in [5.74, 6) is 0.580. The highest BCUT2D eigenvalue weighted by Gasteiger charge is 2.13. The molecule has 1 N–H and O–H groups in total. The van der Waals surface area contributed by atoms with Gasteiger partial charge in [0, 0.05) is 38.8 Å². The number of pyridine rings is 1. The van der Waals surface area contributed by atoms with E-state index in [-0.39, 0.29) is 12.6 Å². The van der Waals surface area contributed by atoms with Gasteiger partial charge in [0.05, 0.1) is 16.2 Å². The Balaban J connectivity index is 1.86. The zero-order valence-corrected chi connectivity index (χ0v) is 18.0. The summed E-state index contributed by atoms with van der Waals surface area (Å²) < 4.78 is 5.82. The van der Waals surface area contributed by atoms with Crippen LogP contribution in [-0.4, -0.2) is 22.8 Å². The predicted molar refractivity (Wildman–Crippen MR) is 116 cm³/mol. The Bertz CT molecular complexity index is 958. The molecule has 3 rings (SSSR count). The van der Waals surface area contributed by atoms with Crippen molar-refractivity contribution in [1.82, 2.24) is 15.3 Å². The summed E-state index contributed by atoms with van der Waals surface area (Å²) in [6.45, 7) is 8.67. The molecule has 7 heteroatoms. The zero-order chi connectivity index (χ0) is 19.4. The molecular weight excluding hydrogens is 398 g/mol. The average Bonchev–Trinajstić information content (AvgIpc) is 3.10. The Kier molecular flexibility index (Phi) is 6.76. The summed E-state index contributed by atoms with van der Waals surface area (Å²) in [5.41, 5.74) is 2.94. The van der Waals surface area contributed by atoms with Crippen molar-refractivity contribution in [3.8, 4) is 5.88 Å². The molecule has 1 aromatic carbocycles. The van der Waals surface area contributed by atoms with Crippen molar-refractivity contribution in [2.45, 2.75) is 31.3 Å². The van der Waals surface area contributed by atoms with Crippen molar-refractivity contribution in [2.24, 2.45) is 0 Å². The number of halogens is 1. The van der Waals surface area contributed by atoms with Gasteiger partial charge in [0.15, 0.2) is 0 Å². The maximum Gasteiger partial charge on any atom is 0.218 e. The average molecular weight is 420 g/mol. The molecule has 0 fully saturated rings. The van der Waals surface area contributed by atoms with Crippen LogP contribution >= 0.6 is 34.7 Å². The van der Waals surface area contributed by atoms with Gasteiger partial charge in [0.25, 0.3) is 0 Å². The first kappa shape index (κ1) is 20.1. The van der Waals surface area contributed by atoms with Crippen molar-refractivity contribution in [2.75, 3.05) is 12.9 Å². The summed E-state index contributed by atoms with van der Waals surface area (Å²) in [5, 5.41) is 8.19. The van der Waals surface area contributed by atoms with E-state index in [1.807, 2.05) is 6.92 Å². The number of ether oxygens (including phenoxy) is 1. The molecule has 0 aliphatic carbocycles. The first-order valence-electron chi connectivity index (χ1n) is 8.55. The number of hydrogen-bond acceptors (Lipinski definition) is 6. The molecule has 3 aromatic rings. The molecule has 0 radical (unpaired) electrons. The number of fused-ring (bicyclic) bond motifs is 1. The fourth-order valence-corrected chi connectivity index (χ4v) is 3.84. The van der Waals surface area contributed by atoms with Gasteiger partial charge in [-0.15, -0.1) is 23.1 Å². The van der Waals surface area contributed by atoms with Gasteiger partial charge in [-0.3, -0.25) is 0 Å². The Hall–Kier alpha value is -1.60. The molecule has 4 nitrogen and oxygen atoms in total. The van der Waals surface area contributed by atoms with Crippen LogP contribution in [0.5, 0.6) is 5.88 Å². The number of rotatable bonds is 8. The Morgan fingerprint density at radius 2 is 2.19 bits per heavy atom. The summed E-state index contributed by atoms with van der Waals surface area (Å²) in [6, 6.07) is 8.52. The van der Waals surface area contributed by atoms with Gasteiger partial charge >= 0.3 is 0 Å². The molecule has 0 amide bonds. The minimum atomic E-state index is 0.139. The van der Waals surface area contributed by atoms with E-state index >= 15 is 0 Å². The van der Waals surface area contributed by atoms with Crippen molar-refractivity contribution in [3.05, 3.63) is 57.5 Å². The minimum Gasteiger partial charge on any atom is -0.472 e. The third kappa shape index (κ3) is 5.23. The second-order valence-corrected chi connectivity index (χ2v) is 8.69. The number of nitrogens with zero attached hydrogens (tertiary/aromatic N) is 2. The molecule has 2 heterocycles. The van der Waals surface area contributed by atoms with Gasteiger partial charge in [0.1, 0.15) is 6.61 Å². The first-order chi connectivity index (χ1) is 13.0. The quantitative estimate of drug-likeness (QED) is 0.474. The van der Waals surface area contributed by atoms with Gasteiger partial charge in [-0.25, -0.2) is 9.97 Å². The largest absolute Gasteiger partial charge is 0.472 e. The topological polar surface area (TPSA) is 47.0 Å². The lowest BCUT2D eigenvalue weighted by molar-refractivity contribution is 0.340. The molecule has 0 saturated carbocycles. The van der Waals surface area contributed by atoms with E-state index in [4.69, 9.17) is 21.3 Å². The van der Waals surface area contributed by atoms with E-state index in [0.29, 0.717) is 17.5 Å². The Morgan fingerprint density at radius 1 is 1.37 bits per heavy atom. The standard InChI is InChI=1S/C20H22ClN3OS2/c1-12(21)10-25-20-16(9-22-13(2)19-11-27-14(3)23-19)7-15-5-6-17(26-4)8-18(15)24-20/h5-8,11,13,22H,1,9-10H2,2-4H3. The summed E-state index contributed by atoms with van der Waals surface area (Å²) in [6.07, 6.45) is 2.05. The molecule has 0 spiro atoms. The molecule has 0 bridgehead atoms. The highest BCUT2D eigenvalue weighted by atomic mass is 35.5. The van der Waals surface area contributed by atoms with Gasteiger partial charge < -0.3 is 10.1 Å². The summed E-state index contributed by atoms with van der Waals surface area (Å²) in [4.78, 5) is 10.4. The van der Waals surface area contributed by atoms with Crippen LogP contribution in [0.15, 0.2) is 46.2 Å². The lowest BCUT2D eigenvalue weighted by atomic mass is 10.1. The van der Waals surface area contributed by atoms with E-state index in [1.165, 1.54) is 4.90 Å². The van der Waals surface area contributed by atoms with Crippen LogP contribution in [0.4, 0.5) is 0 Å². The third-order valence-electron chi connectivity index (χ3n) is 4.11. The number of thiazole rings is 1. The lowest BCUT2D eigenvalue weighted by Crippen LogP contribution is -2.19. The van der Waals surface area contributed by atoms with Crippen LogP contribution in [0.1, 0.15) is 29.2 Å². The number of hydrogen-bond donors (Lipinski definition) is 1. The maximum atomic E-state index is 5.88. The number of aromatic nitrogens is 2. The second-order valence-electron chi connectivity index (χ2n) is 6.21. The lowest BCUT2D eigenvalue weighted by Gasteiger charge is -2.15. The van der Waals surface area contributed by atoms with E-state index in [0.717, 1.165) is 27.2 Å². The highest BCUT2D eigenvalue weighted by molar-refractivity contribution is 7.98. The van der Waals surface area contributed by atoms with E-state index in [9.17, 15) is 0 Å². The van der Waals surface area contributed by atoms with Gasteiger partial charge in [-0.1, -0.05) is 24.2 Å². The fraction of sp³-hybridized carbons (Fsp3) is 0.300. The second kappa shape index (κ2) is 9.06. The van der Waals surface area contributed by atoms with Gasteiger partial charge in [0.2, 0.25) is 5.88 Å². The normalized spacial score (nSPS) is 12.3. The first-order valence-corrected chi connectivity index (χ1v) is 11.0. The molecule has 142 valence electrons. The zero-order valence-electron chi connectivity index (χ0n) is 15.6. The number of nitrogens with one attached hydrogen (secondary N) is 1. The molecule has 0 saturated heterocycles. The van der Waals surface area contributed by atoms with E-state index in [1.54, 1.807) is 23.1 Å². The summed E-state index contributed by atoms with van der Waals surface area (Å²) in [7, 11) is 0. The number of aryl methyl sites for hydroxylation is 1. The van der Waals surface area contributed by atoms with Crippen molar-refractivity contribution in [1.29, 1.82) is 0 Å². The molecular formula is C20H22ClN3OS2. The van der Waals surface area contributed by atoms with E-state index in [2.05, 4.69) is 59.7 Å². The maximum absolute atomic E-state index is 5.88. The minimum absolute atomic E-state index is 0.139. The summed E-state index contributed by atoms with van der Waals surface area (Å²) >= 11 is 9.23.